The Bertz CT molecular complexity index is 122. The van der Waals surface area contributed by atoms with Crippen LogP contribution >= 0.6 is 0 Å². The van der Waals surface area contributed by atoms with E-state index in [2.05, 4.69) is 26.8 Å². The van der Waals surface area contributed by atoms with Crippen LogP contribution in [0.25, 0.3) is 0 Å². The van der Waals surface area contributed by atoms with Crippen LogP contribution in [0.4, 0.5) is 0 Å². The fourth-order valence-electron chi connectivity index (χ4n) is 1.50. The number of rotatable bonds is 8. The van der Waals surface area contributed by atoms with Crippen molar-refractivity contribution in [2.45, 2.75) is 72.1 Å². The lowest BCUT2D eigenvalue weighted by atomic mass is 10.1. The first-order chi connectivity index (χ1) is 6.31. The van der Waals surface area contributed by atoms with E-state index in [1.807, 2.05) is 0 Å². The van der Waals surface area contributed by atoms with Crippen molar-refractivity contribution in [2.24, 2.45) is 0 Å². The van der Waals surface area contributed by atoms with Crippen LogP contribution < -0.4 is 0 Å². The van der Waals surface area contributed by atoms with Crippen molar-refractivity contribution < 1.29 is 0 Å². The first-order valence-corrected chi connectivity index (χ1v) is 5.96. The maximum Gasteiger partial charge on any atom is -0.0323 e. The lowest BCUT2D eigenvalue weighted by Gasteiger charge is -2.00. The van der Waals surface area contributed by atoms with Gasteiger partial charge in [-0.25, -0.2) is 0 Å². The third kappa shape index (κ3) is 9.66. The minimum absolute atomic E-state index is 1.30. The van der Waals surface area contributed by atoms with Crippen LogP contribution in [0, 0.1) is 0 Å². The van der Waals surface area contributed by atoms with Gasteiger partial charge in [-0.3, -0.25) is 0 Å². The Morgan fingerprint density at radius 3 is 2.15 bits per heavy atom. The molecule has 0 atom stereocenters. The summed E-state index contributed by atoms with van der Waals surface area (Å²) in [6, 6.07) is 0. The molecule has 0 heterocycles. The van der Waals surface area contributed by atoms with Crippen molar-refractivity contribution >= 4 is 0 Å². The Kier molecular flexibility index (Phi) is 9.63. The van der Waals surface area contributed by atoms with Crippen molar-refractivity contribution in [2.75, 3.05) is 0 Å². The Labute approximate surface area is 84.4 Å². The molecule has 0 aliphatic heterocycles. The highest BCUT2D eigenvalue weighted by atomic mass is 14.0. The molecule has 0 nitrogen and oxygen atoms in total. The molecule has 0 saturated heterocycles. The van der Waals surface area contributed by atoms with Gasteiger partial charge in [-0.1, -0.05) is 51.2 Å². The highest BCUT2D eigenvalue weighted by Gasteiger charge is 1.90. The van der Waals surface area contributed by atoms with Gasteiger partial charge in [0.2, 0.25) is 0 Å². The lowest BCUT2D eigenvalue weighted by Crippen LogP contribution is -1.80. The van der Waals surface area contributed by atoms with Crippen molar-refractivity contribution in [3.8, 4) is 0 Å². The summed E-state index contributed by atoms with van der Waals surface area (Å²) in [4.78, 5) is 0. The average Bonchev–Trinajstić information content (AvgIpc) is 2.13. The molecule has 78 valence electrons. The zero-order chi connectivity index (χ0) is 9.94. The van der Waals surface area contributed by atoms with E-state index in [-0.39, 0.29) is 0 Å². The molecule has 0 heteroatoms. The van der Waals surface area contributed by atoms with Crippen molar-refractivity contribution in [3.05, 3.63) is 11.6 Å². The summed E-state index contributed by atoms with van der Waals surface area (Å²) in [5, 5.41) is 0. The van der Waals surface area contributed by atoms with Gasteiger partial charge in [-0.2, -0.15) is 0 Å². The summed E-state index contributed by atoms with van der Waals surface area (Å²) in [6.07, 6.45) is 13.3. The molecule has 13 heavy (non-hydrogen) atoms. The SMILES string of the molecule is CCCCCC=C(C)CCCCC. The first kappa shape index (κ1) is 12.7. The van der Waals surface area contributed by atoms with E-state index in [0.29, 0.717) is 0 Å². The van der Waals surface area contributed by atoms with Crippen LogP contribution in [-0.4, -0.2) is 0 Å². The predicted molar refractivity (Wildman–Crippen MR) is 62.0 cm³/mol. The topological polar surface area (TPSA) is 0 Å². The molecule has 0 aromatic carbocycles. The lowest BCUT2D eigenvalue weighted by molar-refractivity contribution is 0.700. The first-order valence-electron chi connectivity index (χ1n) is 5.96. The molecular formula is C13H26. The van der Waals surface area contributed by atoms with Crippen molar-refractivity contribution in [3.63, 3.8) is 0 Å². The third-order valence-corrected chi connectivity index (χ3v) is 2.48. The molecule has 0 saturated carbocycles. The summed E-state index contributed by atoms with van der Waals surface area (Å²) < 4.78 is 0. The average molecular weight is 182 g/mol. The summed E-state index contributed by atoms with van der Waals surface area (Å²) in [7, 11) is 0. The van der Waals surface area contributed by atoms with Gasteiger partial charge >= 0.3 is 0 Å². The van der Waals surface area contributed by atoms with Crippen LogP contribution in [-0.2, 0) is 0 Å². The quantitative estimate of drug-likeness (QED) is 0.362. The van der Waals surface area contributed by atoms with Crippen LogP contribution in [0.2, 0.25) is 0 Å². The number of unbranched alkanes of at least 4 members (excludes halogenated alkanes) is 5. The monoisotopic (exact) mass is 182 g/mol. The second-order valence-electron chi connectivity index (χ2n) is 4.00. The molecule has 0 radical (unpaired) electrons. The van der Waals surface area contributed by atoms with Crippen LogP contribution in [0.3, 0.4) is 0 Å². The molecule has 0 unspecified atom stereocenters. The van der Waals surface area contributed by atoms with Gasteiger partial charge < -0.3 is 0 Å². The van der Waals surface area contributed by atoms with Crippen LogP contribution in [0.5, 0.6) is 0 Å². The highest BCUT2D eigenvalue weighted by Crippen LogP contribution is 2.10. The summed E-state index contributed by atoms with van der Waals surface area (Å²) in [6.45, 7) is 6.81. The Balaban J connectivity index is 3.29. The third-order valence-electron chi connectivity index (χ3n) is 2.48. The van der Waals surface area contributed by atoms with E-state index in [1.54, 1.807) is 5.57 Å². The Hall–Kier alpha value is -0.260. The van der Waals surface area contributed by atoms with Gasteiger partial charge in [0.05, 0.1) is 0 Å². The maximum atomic E-state index is 2.44. The molecule has 0 aromatic rings. The summed E-state index contributed by atoms with van der Waals surface area (Å²) >= 11 is 0. The van der Waals surface area contributed by atoms with E-state index in [1.165, 1.54) is 51.4 Å². The largest absolute Gasteiger partial charge is 0.0856 e. The fourth-order valence-corrected chi connectivity index (χ4v) is 1.50. The molecule has 0 aromatic heterocycles. The second-order valence-corrected chi connectivity index (χ2v) is 4.00. The van der Waals surface area contributed by atoms with Gasteiger partial charge in [-0.05, 0) is 32.6 Å². The Morgan fingerprint density at radius 2 is 1.54 bits per heavy atom. The molecule has 0 amide bonds. The summed E-state index contributed by atoms with van der Waals surface area (Å²) in [5.74, 6) is 0. The number of hydrogen-bond donors (Lipinski definition) is 0. The van der Waals surface area contributed by atoms with Gasteiger partial charge in [0, 0.05) is 0 Å². The number of hydrogen-bond acceptors (Lipinski definition) is 0. The molecule has 0 fully saturated rings. The van der Waals surface area contributed by atoms with E-state index < -0.39 is 0 Å². The van der Waals surface area contributed by atoms with Gasteiger partial charge in [-0.15, -0.1) is 0 Å². The normalized spacial score (nSPS) is 12.1. The minimum Gasteiger partial charge on any atom is -0.0856 e. The van der Waals surface area contributed by atoms with E-state index in [9.17, 15) is 0 Å². The summed E-state index contributed by atoms with van der Waals surface area (Å²) in [5.41, 5.74) is 1.60. The molecule has 0 N–H and O–H groups in total. The smallest absolute Gasteiger partial charge is 0.0323 e. The van der Waals surface area contributed by atoms with E-state index in [0.717, 1.165) is 0 Å². The molecule has 0 spiro atoms. The second kappa shape index (κ2) is 9.83. The van der Waals surface area contributed by atoms with Crippen LogP contribution in [0.15, 0.2) is 11.6 Å². The zero-order valence-corrected chi connectivity index (χ0v) is 9.73. The predicted octanol–water partition coefficient (Wildman–Crippen LogP) is 5.09. The standard InChI is InChI=1S/C13H26/c1-4-6-8-10-12-13(3)11-9-7-5-2/h12H,4-11H2,1-3H3. The Morgan fingerprint density at radius 1 is 0.923 bits per heavy atom. The van der Waals surface area contributed by atoms with Gasteiger partial charge in [0.1, 0.15) is 0 Å². The molecule has 0 rings (SSSR count). The van der Waals surface area contributed by atoms with Crippen LogP contribution in [0.1, 0.15) is 72.1 Å². The highest BCUT2D eigenvalue weighted by molar-refractivity contribution is 4.97. The molecular weight excluding hydrogens is 156 g/mol. The van der Waals surface area contributed by atoms with E-state index >= 15 is 0 Å². The van der Waals surface area contributed by atoms with E-state index in [4.69, 9.17) is 0 Å². The van der Waals surface area contributed by atoms with Gasteiger partial charge in [0.15, 0.2) is 0 Å². The zero-order valence-electron chi connectivity index (χ0n) is 9.73. The van der Waals surface area contributed by atoms with Crippen molar-refractivity contribution in [1.29, 1.82) is 0 Å². The molecule has 0 bridgehead atoms. The molecule has 0 aliphatic rings. The maximum absolute atomic E-state index is 2.44. The van der Waals surface area contributed by atoms with Gasteiger partial charge in [0.25, 0.3) is 0 Å². The fraction of sp³-hybridized carbons (Fsp3) is 0.846. The minimum atomic E-state index is 1.30. The molecule has 0 aliphatic carbocycles. The van der Waals surface area contributed by atoms with Crippen molar-refractivity contribution in [1.82, 2.24) is 0 Å². The number of allylic oxidation sites excluding steroid dienone is 2.